The molecular formula is C14H18ClNO4. The van der Waals surface area contributed by atoms with E-state index in [4.69, 9.17) is 20.8 Å². The summed E-state index contributed by atoms with van der Waals surface area (Å²) in [7, 11) is 0. The molecule has 1 aliphatic heterocycles. The third kappa shape index (κ3) is 3.15. The van der Waals surface area contributed by atoms with Crippen molar-refractivity contribution in [1.29, 1.82) is 0 Å². The second-order valence-electron chi connectivity index (χ2n) is 5.80. The maximum Gasteiger partial charge on any atom is 0.329 e. The highest BCUT2D eigenvalue weighted by molar-refractivity contribution is 6.32. The molecule has 2 rings (SSSR count). The van der Waals surface area contributed by atoms with Crippen LogP contribution in [0, 0.1) is 0 Å². The first kappa shape index (κ1) is 14.9. The van der Waals surface area contributed by atoms with E-state index in [-0.39, 0.29) is 22.7 Å². The van der Waals surface area contributed by atoms with Gasteiger partial charge in [-0.3, -0.25) is 4.79 Å². The van der Waals surface area contributed by atoms with Crippen molar-refractivity contribution in [2.45, 2.75) is 45.3 Å². The fraction of sp³-hybridized carbons (Fsp3) is 0.571. The SMILES string of the molecule is CC(C)(C)OC(=O)[C@@H]1CCCN1C(=O)c1ccoc1Cl. The van der Waals surface area contributed by atoms with Gasteiger partial charge in [-0.1, -0.05) is 0 Å². The summed E-state index contributed by atoms with van der Waals surface area (Å²) in [6.07, 6.45) is 2.73. The molecule has 0 aromatic carbocycles. The number of ether oxygens (including phenoxy) is 1. The van der Waals surface area contributed by atoms with E-state index in [2.05, 4.69) is 0 Å². The molecule has 1 atom stereocenters. The van der Waals surface area contributed by atoms with Crippen LogP contribution in [0.1, 0.15) is 44.0 Å². The van der Waals surface area contributed by atoms with E-state index in [0.717, 1.165) is 6.42 Å². The van der Waals surface area contributed by atoms with E-state index in [0.29, 0.717) is 13.0 Å². The molecule has 1 amide bonds. The Morgan fingerprint density at radius 1 is 1.45 bits per heavy atom. The molecule has 5 nitrogen and oxygen atoms in total. The summed E-state index contributed by atoms with van der Waals surface area (Å²) in [5.41, 5.74) is -0.288. The Morgan fingerprint density at radius 3 is 2.70 bits per heavy atom. The topological polar surface area (TPSA) is 59.8 Å². The predicted octanol–water partition coefficient (Wildman–Crippen LogP) is 2.88. The Balaban J connectivity index is 2.13. The molecule has 0 saturated carbocycles. The van der Waals surface area contributed by atoms with E-state index in [9.17, 15) is 9.59 Å². The van der Waals surface area contributed by atoms with Gasteiger partial charge in [-0.15, -0.1) is 0 Å². The van der Waals surface area contributed by atoms with Gasteiger partial charge in [0, 0.05) is 6.54 Å². The van der Waals surface area contributed by atoms with Crippen LogP contribution in [-0.2, 0) is 9.53 Å². The Bertz CT molecular complexity index is 517. The van der Waals surface area contributed by atoms with Crippen LogP contribution in [0.15, 0.2) is 16.7 Å². The number of halogens is 1. The number of hydrogen-bond acceptors (Lipinski definition) is 4. The Morgan fingerprint density at radius 2 is 2.15 bits per heavy atom. The molecule has 1 saturated heterocycles. The molecule has 2 heterocycles. The molecule has 110 valence electrons. The van der Waals surface area contributed by atoms with Crippen LogP contribution in [0.4, 0.5) is 0 Å². The van der Waals surface area contributed by atoms with Gasteiger partial charge in [-0.2, -0.15) is 0 Å². The maximum atomic E-state index is 12.4. The second-order valence-corrected chi connectivity index (χ2v) is 6.14. The molecule has 0 bridgehead atoms. The van der Waals surface area contributed by atoms with Crippen molar-refractivity contribution in [2.24, 2.45) is 0 Å². The van der Waals surface area contributed by atoms with E-state index < -0.39 is 11.6 Å². The van der Waals surface area contributed by atoms with Gasteiger partial charge in [0.2, 0.25) is 5.22 Å². The van der Waals surface area contributed by atoms with Gasteiger partial charge in [0.1, 0.15) is 11.6 Å². The number of esters is 1. The molecule has 0 aliphatic carbocycles. The molecule has 1 aromatic heterocycles. The summed E-state index contributed by atoms with van der Waals surface area (Å²) in [6.45, 7) is 5.93. The van der Waals surface area contributed by atoms with Crippen molar-refractivity contribution in [2.75, 3.05) is 6.54 Å². The summed E-state index contributed by atoms with van der Waals surface area (Å²) in [6, 6.07) is 0.961. The molecule has 1 aromatic rings. The Kier molecular flexibility index (Phi) is 4.09. The molecule has 20 heavy (non-hydrogen) atoms. The molecule has 0 N–H and O–H groups in total. The largest absolute Gasteiger partial charge is 0.458 e. The first-order chi connectivity index (χ1) is 9.29. The van der Waals surface area contributed by atoms with Crippen molar-refractivity contribution in [3.05, 3.63) is 23.1 Å². The van der Waals surface area contributed by atoms with Crippen LogP contribution in [0.5, 0.6) is 0 Å². The first-order valence-electron chi connectivity index (χ1n) is 6.56. The molecule has 0 unspecified atom stereocenters. The Labute approximate surface area is 122 Å². The van der Waals surface area contributed by atoms with E-state index in [1.165, 1.54) is 17.2 Å². The number of hydrogen-bond donors (Lipinski definition) is 0. The lowest BCUT2D eigenvalue weighted by molar-refractivity contribution is -0.159. The summed E-state index contributed by atoms with van der Waals surface area (Å²) in [5.74, 6) is -0.667. The lowest BCUT2D eigenvalue weighted by Crippen LogP contribution is -2.43. The lowest BCUT2D eigenvalue weighted by atomic mass is 10.1. The number of nitrogens with zero attached hydrogens (tertiary/aromatic N) is 1. The van der Waals surface area contributed by atoms with Gasteiger partial charge >= 0.3 is 5.97 Å². The van der Waals surface area contributed by atoms with Crippen molar-refractivity contribution in [1.82, 2.24) is 4.90 Å². The molecule has 0 spiro atoms. The van der Waals surface area contributed by atoms with E-state index >= 15 is 0 Å². The van der Waals surface area contributed by atoms with Crippen LogP contribution in [-0.4, -0.2) is 35.0 Å². The molecule has 0 radical (unpaired) electrons. The van der Waals surface area contributed by atoms with Crippen molar-refractivity contribution < 1.29 is 18.7 Å². The minimum Gasteiger partial charge on any atom is -0.458 e. The molecule has 1 fully saturated rings. The summed E-state index contributed by atoms with van der Waals surface area (Å²) < 4.78 is 10.3. The average molecular weight is 300 g/mol. The molecular weight excluding hydrogens is 282 g/mol. The fourth-order valence-electron chi connectivity index (χ4n) is 2.23. The van der Waals surface area contributed by atoms with Crippen LogP contribution < -0.4 is 0 Å². The fourth-order valence-corrected chi connectivity index (χ4v) is 2.42. The van der Waals surface area contributed by atoms with Crippen molar-refractivity contribution >= 4 is 23.5 Å². The van der Waals surface area contributed by atoms with Gasteiger partial charge in [0.05, 0.1) is 11.8 Å². The monoisotopic (exact) mass is 299 g/mol. The van der Waals surface area contributed by atoms with Gasteiger partial charge in [-0.05, 0) is 51.3 Å². The zero-order valence-electron chi connectivity index (χ0n) is 11.8. The zero-order valence-corrected chi connectivity index (χ0v) is 12.6. The summed E-state index contributed by atoms with van der Waals surface area (Å²) in [4.78, 5) is 26.0. The number of carbonyl (C=O) groups excluding carboxylic acids is 2. The maximum absolute atomic E-state index is 12.4. The van der Waals surface area contributed by atoms with Gasteiger partial charge in [0.15, 0.2) is 0 Å². The quantitative estimate of drug-likeness (QED) is 0.788. The number of likely N-dealkylation sites (tertiary alicyclic amines) is 1. The number of rotatable bonds is 2. The summed E-state index contributed by atoms with van der Waals surface area (Å²) >= 11 is 5.82. The average Bonchev–Trinajstić information content (AvgIpc) is 2.93. The Hall–Kier alpha value is -1.49. The second kappa shape index (κ2) is 5.48. The van der Waals surface area contributed by atoms with E-state index in [1.807, 2.05) is 0 Å². The molecule has 1 aliphatic rings. The number of amides is 1. The minimum absolute atomic E-state index is 0.0461. The van der Waals surface area contributed by atoms with Crippen molar-refractivity contribution in [3.8, 4) is 0 Å². The smallest absolute Gasteiger partial charge is 0.329 e. The summed E-state index contributed by atoms with van der Waals surface area (Å²) in [5, 5.41) is 0.0461. The van der Waals surface area contributed by atoms with Gasteiger partial charge in [-0.25, -0.2) is 4.79 Å². The standard InChI is InChI=1S/C14H18ClNO4/c1-14(2,3)20-13(18)10-5-4-7-16(10)12(17)9-6-8-19-11(9)15/h6,8,10H,4-5,7H2,1-3H3/t10-/m0/s1. The lowest BCUT2D eigenvalue weighted by Gasteiger charge is -2.27. The predicted molar refractivity (Wildman–Crippen MR) is 73.6 cm³/mol. The highest BCUT2D eigenvalue weighted by atomic mass is 35.5. The van der Waals surface area contributed by atoms with Gasteiger partial charge in [0.25, 0.3) is 5.91 Å². The third-order valence-corrected chi connectivity index (χ3v) is 3.33. The first-order valence-corrected chi connectivity index (χ1v) is 6.94. The van der Waals surface area contributed by atoms with Crippen molar-refractivity contribution in [3.63, 3.8) is 0 Å². The highest BCUT2D eigenvalue weighted by Gasteiger charge is 2.38. The van der Waals surface area contributed by atoms with Gasteiger partial charge < -0.3 is 14.1 Å². The van der Waals surface area contributed by atoms with E-state index in [1.54, 1.807) is 20.8 Å². The molecule has 6 heteroatoms. The van der Waals surface area contributed by atoms with Crippen LogP contribution in [0.3, 0.4) is 0 Å². The van der Waals surface area contributed by atoms with Crippen LogP contribution in [0.2, 0.25) is 5.22 Å². The number of carbonyl (C=O) groups is 2. The minimum atomic E-state index is -0.568. The highest BCUT2D eigenvalue weighted by Crippen LogP contribution is 2.26. The zero-order chi connectivity index (χ0) is 14.9. The third-order valence-electron chi connectivity index (χ3n) is 3.04. The van der Waals surface area contributed by atoms with Crippen LogP contribution in [0.25, 0.3) is 0 Å². The van der Waals surface area contributed by atoms with Crippen LogP contribution >= 0.6 is 11.6 Å². The number of furan rings is 1. The normalized spacial score (nSPS) is 19.2.